The molecule has 2 heterocycles. The van der Waals surface area contributed by atoms with Gasteiger partial charge in [-0.1, -0.05) is 12.1 Å². The van der Waals surface area contributed by atoms with Gasteiger partial charge in [-0.15, -0.1) is 0 Å². The van der Waals surface area contributed by atoms with Crippen LogP contribution in [0.4, 0.5) is 18.0 Å². The molecule has 1 fully saturated rings. The first-order valence-corrected chi connectivity index (χ1v) is 7.99. The maximum absolute atomic E-state index is 13.5. The smallest absolute Gasteiger partial charge is 0.379 e. The summed E-state index contributed by atoms with van der Waals surface area (Å²) in [5, 5.41) is 6.47. The van der Waals surface area contributed by atoms with Gasteiger partial charge in [0.2, 0.25) is 0 Å². The third-order valence-electron chi connectivity index (χ3n) is 4.24. The molecule has 136 valence electrons. The van der Waals surface area contributed by atoms with Crippen molar-refractivity contribution in [2.45, 2.75) is 25.7 Å². The van der Waals surface area contributed by atoms with Crippen molar-refractivity contribution >= 4 is 11.7 Å². The van der Waals surface area contributed by atoms with Gasteiger partial charge in [0, 0.05) is 25.2 Å². The van der Waals surface area contributed by atoms with Gasteiger partial charge >= 0.3 is 12.2 Å². The molecule has 3 rings (SSSR count). The zero-order valence-corrected chi connectivity index (χ0v) is 13.7. The number of hydrazone groups is 1. The first kappa shape index (κ1) is 17.7. The Morgan fingerprint density at radius 1 is 1.32 bits per heavy atom. The third kappa shape index (κ3) is 4.10. The fourth-order valence-corrected chi connectivity index (χ4v) is 2.96. The van der Waals surface area contributed by atoms with Crippen LogP contribution in [-0.2, 0) is 17.5 Å². The number of alkyl halides is 3. The minimum atomic E-state index is -4.47. The highest BCUT2D eigenvalue weighted by Crippen LogP contribution is 2.34. The zero-order chi connectivity index (χ0) is 18.0. The number of halogens is 3. The Balaban J connectivity index is 1.91. The topological polar surface area (TPSA) is 66.0 Å². The van der Waals surface area contributed by atoms with Crippen molar-refractivity contribution in [3.63, 3.8) is 0 Å². The van der Waals surface area contributed by atoms with Crippen LogP contribution in [0.5, 0.6) is 0 Å². The number of rotatable bonds is 3. The predicted octanol–water partition coefficient (Wildman–Crippen LogP) is 1.94. The summed E-state index contributed by atoms with van der Waals surface area (Å²) >= 11 is 0. The summed E-state index contributed by atoms with van der Waals surface area (Å²) in [6, 6.07) is 3.25. The first-order chi connectivity index (χ1) is 11.8. The summed E-state index contributed by atoms with van der Waals surface area (Å²) in [6.45, 7) is 4.16. The van der Waals surface area contributed by atoms with Crippen LogP contribution in [0, 0.1) is 0 Å². The van der Waals surface area contributed by atoms with Gasteiger partial charge in [-0.2, -0.15) is 18.3 Å². The lowest BCUT2D eigenvalue weighted by Gasteiger charge is -2.28. The maximum Gasteiger partial charge on any atom is 0.416 e. The standard InChI is InChI=1S/C16H19F3N4O2/c1-10-14(21-22-15(24)20-10)11-2-3-12(13(8-11)16(17,18)19)9-23-4-6-25-7-5-23/h2-3,8,10H,4-7,9H2,1H3,(H2,20,22,24)/t10-/m0/s1. The van der Waals surface area contributed by atoms with Crippen molar-refractivity contribution in [3.8, 4) is 0 Å². The summed E-state index contributed by atoms with van der Waals surface area (Å²) in [7, 11) is 0. The van der Waals surface area contributed by atoms with Crippen LogP contribution in [0.2, 0.25) is 0 Å². The number of hydrogen-bond donors (Lipinski definition) is 2. The highest BCUT2D eigenvalue weighted by Gasteiger charge is 2.35. The van der Waals surface area contributed by atoms with Crippen molar-refractivity contribution in [2.75, 3.05) is 26.3 Å². The second-order valence-corrected chi connectivity index (χ2v) is 6.06. The van der Waals surface area contributed by atoms with E-state index in [1.54, 1.807) is 13.0 Å². The lowest BCUT2D eigenvalue weighted by molar-refractivity contribution is -0.138. The fraction of sp³-hybridized carbons (Fsp3) is 0.500. The number of amides is 2. The normalized spacial score (nSPS) is 22.2. The summed E-state index contributed by atoms with van der Waals surface area (Å²) in [6.07, 6.45) is -4.47. The van der Waals surface area contributed by atoms with Gasteiger partial charge in [0.25, 0.3) is 0 Å². The van der Waals surface area contributed by atoms with E-state index in [0.717, 1.165) is 6.07 Å². The van der Waals surface area contributed by atoms with Crippen molar-refractivity contribution in [1.82, 2.24) is 15.6 Å². The molecule has 1 saturated heterocycles. The van der Waals surface area contributed by atoms with Gasteiger partial charge < -0.3 is 10.1 Å². The van der Waals surface area contributed by atoms with E-state index in [0.29, 0.717) is 37.6 Å². The van der Waals surface area contributed by atoms with E-state index in [1.165, 1.54) is 6.07 Å². The number of nitrogens with zero attached hydrogens (tertiary/aromatic N) is 2. The molecule has 0 saturated carbocycles. The second-order valence-electron chi connectivity index (χ2n) is 6.06. The van der Waals surface area contributed by atoms with E-state index >= 15 is 0 Å². The van der Waals surface area contributed by atoms with Crippen LogP contribution in [0.3, 0.4) is 0 Å². The van der Waals surface area contributed by atoms with E-state index < -0.39 is 23.8 Å². The van der Waals surface area contributed by atoms with Crippen molar-refractivity contribution in [3.05, 3.63) is 34.9 Å². The Hall–Kier alpha value is -2.13. The molecule has 2 aliphatic heterocycles. The van der Waals surface area contributed by atoms with Crippen LogP contribution in [0.25, 0.3) is 0 Å². The number of hydrogen-bond acceptors (Lipinski definition) is 4. The largest absolute Gasteiger partial charge is 0.416 e. The number of urea groups is 1. The van der Waals surface area contributed by atoms with Crippen LogP contribution >= 0.6 is 0 Å². The van der Waals surface area contributed by atoms with Crippen molar-refractivity contribution < 1.29 is 22.7 Å². The van der Waals surface area contributed by atoms with Gasteiger partial charge in [0.15, 0.2) is 0 Å². The highest BCUT2D eigenvalue weighted by atomic mass is 19.4. The molecule has 0 aromatic heterocycles. The number of ether oxygens (including phenoxy) is 1. The third-order valence-corrected chi connectivity index (χ3v) is 4.24. The van der Waals surface area contributed by atoms with E-state index in [9.17, 15) is 18.0 Å². The average Bonchev–Trinajstić information content (AvgIpc) is 2.55. The molecule has 1 aromatic rings. The Bertz CT molecular complexity index is 684. The molecule has 2 N–H and O–H groups in total. The number of carbonyl (C=O) groups is 1. The van der Waals surface area contributed by atoms with Crippen LogP contribution < -0.4 is 10.7 Å². The average molecular weight is 356 g/mol. The van der Waals surface area contributed by atoms with Crippen LogP contribution in [-0.4, -0.2) is 49.0 Å². The Morgan fingerprint density at radius 3 is 2.68 bits per heavy atom. The molecule has 0 bridgehead atoms. The van der Waals surface area contributed by atoms with Gasteiger partial charge in [-0.05, 0) is 18.6 Å². The molecule has 1 aromatic carbocycles. The zero-order valence-electron chi connectivity index (χ0n) is 13.7. The molecule has 25 heavy (non-hydrogen) atoms. The Labute approximate surface area is 143 Å². The molecule has 0 unspecified atom stereocenters. The molecule has 2 aliphatic rings. The predicted molar refractivity (Wildman–Crippen MR) is 85.2 cm³/mol. The number of carbonyl (C=O) groups excluding carboxylic acids is 1. The quantitative estimate of drug-likeness (QED) is 0.870. The van der Waals surface area contributed by atoms with Gasteiger partial charge in [0.05, 0.1) is 30.5 Å². The minimum absolute atomic E-state index is 0.218. The maximum atomic E-state index is 13.5. The molecule has 0 spiro atoms. The fourth-order valence-electron chi connectivity index (χ4n) is 2.96. The molecule has 9 heteroatoms. The molecular formula is C16H19F3N4O2. The monoisotopic (exact) mass is 356 g/mol. The molecule has 0 aliphatic carbocycles. The lowest BCUT2D eigenvalue weighted by atomic mass is 9.97. The summed E-state index contributed by atoms with van der Waals surface area (Å²) in [5.41, 5.74) is 2.47. The summed E-state index contributed by atoms with van der Waals surface area (Å²) in [4.78, 5) is 13.2. The van der Waals surface area contributed by atoms with Gasteiger partial charge in [0.1, 0.15) is 0 Å². The van der Waals surface area contributed by atoms with E-state index in [-0.39, 0.29) is 12.1 Å². The Morgan fingerprint density at radius 2 is 2.04 bits per heavy atom. The first-order valence-electron chi connectivity index (χ1n) is 7.99. The summed E-state index contributed by atoms with van der Waals surface area (Å²) < 4.78 is 45.9. The molecule has 1 atom stereocenters. The minimum Gasteiger partial charge on any atom is -0.379 e. The van der Waals surface area contributed by atoms with Gasteiger partial charge in [-0.25, -0.2) is 10.2 Å². The van der Waals surface area contributed by atoms with Crippen molar-refractivity contribution in [1.29, 1.82) is 0 Å². The van der Waals surface area contributed by atoms with Crippen LogP contribution in [0.1, 0.15) is 23.6 Å². The molecule has 0 radical (unpaired) electrons. The van der Waals surface area contributed by atoms with Gasteiger partial charge in [-0.3, -0.25) is 4.90 Å². The summed E-state index contributed by atoms with van der Waals surface area (Å²) in [5.74, 6) is 0. The van der Waals surface area contributed by atoms with E-state index in [1.807, 2.05) is 4.90 Å². The SMILES string of the molecule is C[C@@H]1NC(=O)NN=C1c1ccc(CN2CCOCC2)c(C(F)(F)F)c1. The van der Waals surface area contributed by atoms with Crippen molar-refractivity contribution in [2.24, 2.45) is 5.10 Å². The van der Waals surface area contributed by atoms with E-state index in [2.05, 4.69) is 15.8 Å². The lowest BCUT2D eigenvalue weighted by Crippen LogP contribution is -2.48. The molecular weight excluding hydrogens is 337 g/mol. The second kappa shape index (κ2) is 7.01. The Kier molecular flexibility index (Phi) is 4.96. The number of benzene rings is 1. The number of nitrogens with one attached hydrogen (secondary N) is 2. The van der Waals surface area contributed by atoms with Crippen LogP contribution in [0.15, 0.2) is 23.3 Å². The van der Waals surface area contributed by atoms with E-state index in [4.69, 9.17) is 4.74 Å². The molecule has 6 nitrogen and oxygen atoms in total. The highest BCUT2D eigenvalue weighted by molar-refractivity contribution is 6.07. The number of morpholine rings is 1. The molecule has 2 amide bonds.